The summed E-state index contributed by atoms with van der Waals surface area (Å²) >= 11 is 0. The van der Waals surface area contributed by atoms with Gasteiger partial charge in [0.1, 0.15) is 24.2 Å². The molecule has 32 heavy (non-hydrogen) atoms. The van der Waals surface area contributed by atoms with Gasteiger partial charge in [-0.15, -0.1) is 10.2 Å². The molecule has 10 heteroatoms. The Morgan fingerprint density at radius 3 is 2.53 bits per heavy atom. The van der Waals surface area contributed by atoms with Gasteiger partial charge in [0.05, 0.1) is 12.8 Å². The largest absolute Gasteiger partial charge is 0.467 e. The van der Waals surface area contributed by atoms with Gasteiger partial charge in [-0.1, -0.05) is 6.92 Å². The average Bonchev–Trinajstić information content (AvgIpc) is 3.39. The molecule has 0 radical (unpaired) electrons. The molecule has 0 aliphatic heterocycles. The van der Waals surface area contributed by atoms with Crippen molar-refractivity contribution in [3.8, 4) is 11.4 Å². The minimum absolute atomic E-state index is 0.126. The van der Waals surface area contributed by atoms with E-state index in [9.17, 15) is 14.0 Å². The topological polar surface area (TPSA) is 106 Å². The lowest BCUT2D eigenvalue weighted by Gasteiger charge is -2.32. The predicted molar refractivity (Wildman–Crippen MR) is 114 cm³/mol. The van der Waals surface area contributed by atoms with Gasteiger partial charge >= 0.3 is 0 Å². The van der Waals surface area contributed by atoms with E-state index in [0.29, 0.717) is 17.7 Å². The first kappa shape index (κ1) is 23.1. The van der Waals surface area contributed by atoms with Crippen LogP contribution in [0.2, 0.25) is 0 Å². The van der Waals surface area contributed by atoms with Gasteiger partial charge in [-0.25, -0.2) is 4.39 Å². The number of aromatic nitrogens is 4. The molecule has 0 fully saturated rings. The molecule has 3 rings (SSSR count). The molecule has 0 saturated carbocycles. The number of carbonyl (C=O) groups is 2. The number of hydrogen-bond acceptors (Lipinski definition) is 6. The quantitative estimate of drug-likeness (QED) is 0.575. The van der Waals surface area contributed by atoms with Crippen molar-refractivity contribution in [2.75, 3.05) is 0 Å². The van der Waals surface area contributed by atoms with Crippen molar-refractivity contribution in [2.24, 2.45) is 0 Å². The Morgan fingerprint density at radius 1 is 1.22 bits per heavy atom. The highest BCUT2D eigenvalue weighted by Crippen LogP contribution is 2.16. The molecule has 0 aliphatic rings. The molecule has 2 heterocycles. The molecule has 1 aromatic carbocycles. The summed E-state index contributed by atoms with van der Waals surface area (Å²) in [7, 11) is 0. The number of nitrogens with one attached hydrogen (secondary N) is 1. The lowest BCUT2D eigenvalue weighted by atomic mass is 10.1. The number of nitrogens with zero attached hydrogens (tertiary/aromatic N) is 5. The average molecular weight is 442 g/mol. The maximum atomic E-state index is 13.2. The summed E-state index contributed by atoms with van der Waals surface area (Å²) in [6.07, 6.45) is 1.93. The van der Waals surface area contributed by atoms with Gasteiger partial charge < -0.3 is 14.6 Å². The Bertz CT molecular complexity index is 1040. The third kappa shape index (κ3) is 5.99. The zero-order valence-corrected chi connectivity index (χ0v) is 18.6. The molecule has 0 bridgehead atoms. The molecular formula is C22H27FN6O3. The van der Waals surface area contributed by atoms with E-state index < -0.39 is 11.6 Å². The van der Waals surface area contributed by atoms with E-state index in [2.05, 4.69) is 20.7 Å². The lowest BCUT2D eigenvalue weighted by molar-refractivity contribution is -0.143. The number of tetrazole rings is 1. The first-order chi connectivity index (χ1) is 15.2. The van der Waals surface area contributed by atoms with Crippen LogP contribution in [-0.4, -0.2) is 48.5 Å². The van der Waals surface area contributed by atoms with Crippen LogP contribution in [0.5, 0.6) is 0 Å². The maximum Gasteiger partial charge on any atom is 0.247 e. The van der Waals surface area contributed by atoms with Gasteiger partial charge in [-0.3, -0.25) is 9.59 Å². The second-order valence-electron chi connectivity index (χ2n) is 8.41. The smallest absolute Gasteiger partial charge is 0.247 e. The summed E-state index contributed by atoms with van der Waals surface area (Å²) in [5, 5.41) is 15.0. The second-order valence-corrected chi connectivity index (χ2v) is 8.41. The fraction of sp³-hybridized carbons (Fsp3) is 0.409. The third-order valence-corrected chi connectivity index (χ3v) is 4.62. The van der Waals surface area contributed by atoms with Crippen LogP contribution in [0.4, 0.5) is 4.39 Å². The fourth-order valence-corrected chi connectivity index (χ4v) is 3.18. The molecule has 3 aromatic rings. The highest BCUT2D eigenvalue weighted by molar-refractivity contribution is 5.87. The van der Waals surface area contributed by atoms with Crippen LogP contribution >= 0.6 is 0 Å². The molecule has 2 aromatic heterocycles. The Morgan fingerprint density at radius 2 is 1.94 bits per heavy atom. The molecule has 0 saturated heterocycles. The number of benzene rings is 1. The number of amides is 2. The van der Waals surface area contributed by atoms with Crippen molar-refractivity contribution in [2.45, 2.75) is 58.8 Å². The Balaban J connectivity index is 1.80. The van der Waals surface area contributed by atoms with E-state index in [4.69, 9.17) is 4.42 Å². The van der Waals surface area contributed by atoms with Crippen LogP contribution in [-0.2, 0) is 22.7 Å². The van der Waals surface area contributed by atoms with E-state index in [1.54, 1.807) is 12.1 Å². The van der Waals surface area contributed by atoms with Crippen molar-refractivity contribution in [1.29, 1.82) is 0 Å². The van der Waals surface area contributed by atoms with Crippen molar-refractivity contribution in [3.63, 3.8) is 0 Å². The predicted octanol–water partition coefficient (Wildman–Crippen LogP) is 2.79. The van der Waals surface area contributed by atoms with Gasteiger partial charge in [-0.2, -0.15) is 4.80 Å². The molecule has 1 atom stereocenters. The molecule has 1 N–H and O–H groups in total. The van der Waals surface area contributed by atoms with Crippen LogP contribution in [0.3, 0.4) is 0 Å². The molecule has 0 aliphatic carbocycles. The lowest BCUT2D eigenvalue weighted by Crippen LogP contribution is -2.54. The first-order valence-electron chi connectivity index (χ1n) is 10.3. The number of hydrogen-bond donors (Lipinski definition) is 1. The van der Waals surface area contributed by atoms with Crippen LogP contribution in [0.1, 0.15) is 39.9 Å². The van der Waals surface area contributed by atoms with Gasteiger partial charge in [0.2, 0.25) is 17.6 Å². The van der Waals surface area contributed by atoms with E-state index in [1.807, 2.05) is 27.7 Å². The molecule has 0 unspecified atom stereocenters. The SMILES string of the molecule is CC[C@H](C(=O)NC(C)(C)C)N(Cc1ccco1)C(=O)Cn1nnc(-c2ccc(F)cc2)n1. The highest BCUT2D eigenvalue weighted by atomic mass is 19.1. The van der Waals surface area contributed by atoms with Crippen molar-refractivity contribution in [1.82, 2.24) is 30.4 Å². The Labute approximate surface area is 185 Å². The highest BCUT2D eigenvalue weighted by Gasteiger charge is 2.31. The molecule has 2 amide bonds. The minimum atomic E-state index is -0.702. The number of rotatable bonds is 8. The zero-order valence-electron chi connectivity index (χ0n) is 18.6. The standard InChI is InChI=1S/C22H27FN6O3/c1-5-18(21(31)24-22(2,3)4)28(13-17-7-6-12-32-17)19(30)14-29-26-20(25-27-29)15-8-10-16(23)11-9-15/h6-12,18H,5,13-14H2,1-4H3,(H,24,31)/t18-/m1/s1. The number of carbonyl (C=O) groups excluding carboxylic acids is 2. The third-order valence-electron chi connectivity index (χ3n) is 4.62. The van der Waals surface area contributed by atoms with Crippen molar-refractivity contribution < 1.29 is 18.4 Å². The van der Waals surface area contributed by atoms with Crippen LogP contribution < -0.4 is 5.32 Å². The van der Waals surface area contributed by atoms with E-state index in [-0.39, 0.29) is 36.5 Å². The minimum Gasteiger partial charge on any atom is -0.467 e. The number of furan rings is 1. The zero-order chi connectivity index (χ0) is 23.3. The Hall–Kier alpha value is -3.56. The van der Waals surface area contributed by atoms with Crippen molar-refractivity contribution >= 4 is 11.8 Å². The molecule has 9 nitrogen and oxygen atoms in total. The Kier molecular flexibility index (Phi) is 7.01. The van der Waals surface area contributed by atoms with Gasteiger partial charge in [-0.05, 0) is 68.8 Å². The summed E-state index contributed by atoms with van der Waals surface area (Å²) in [5.41, 5.74) is 0.134. The summed E-state index contributed by atoms with van der Waals surface area (Å²) < 4.78 is 18.6. The van der Waals surface area contributed by atoms with E-state index in [0.717, 1.165) is 4.80 Å². The summed E-state index contributed by atoms with van der Waals surface area (Å²) in [4.78, 5) is 28.8. The van der Waals surface area contributed by atoms with Crippen LogP contribution in [0.25, 0.3) is 11.4 Å². The summed E-state index contributed by atoms with van der Waals surface area (Å²) in [5.74, 6) is -0.158. The van der Waals surface area contributed by atoms with E-state index in [1.165, 1.54) is 35.4 Å². The molecular weight excluding hydrogens is 415 g/mol. The normalized spacial score (nSPS) is 12.4. The van der Waals surface area contributed by atoms with Gasteiger partial charge in [0, 0.05) is 11.1 Å². The molecule has 0 spiro atoms. The second kappa shape index (κ2) is 9.71. The van der Waals surface area contributed by atoms with Crippen molar-refractivity contribution in [3.05, 3.63) is 54.2 Å². The summed E-state index contributed by atoms with van der Waals surface area (Å²) in [6, 6.07) is 8.43. The van der Waals surface area contributed by atoms with Gasteiger partial charge in [0.25, 0.3) is 0 Å². The molecule has 170 valence electrons. The van der Waals surface area contributed by atoms with E-state index >= 15 is 0 Å². The number of halogens is 1. The van der Waals surface area contributed by atoms with Crippen LogP contribution in [0, 0.1) is 5.82 Å². The maximum absolute atomic E-state index is 13.2. The summed E-state index contributed by atoms with van der Waals surface area (Å²) in [6.45, 7) is 7.40. The van der Waals surface area contributed by atoms with Crippen LogP contribution in [0.15, 0.2) is 47.1 Å². The monoisotopic (exact) mass is 442 g/mol. The fourth-order valence-electron chi connectivity index (χ4n) is 3.18. The first-order valence-corrected chi connectivity index (χ1v) is 10.3. The van der Waals surface area contributed by atoms with Gasteiger partial charge in [0.15, 0.2) is 0 Å².